The van der Waals surface area contributed by atoms with Gasteiger partial charge in [-0.1, -0.05) is 11.6 Å². The average molecular weight is 344 g/mol. The Morgan fingerprint density at radius 3 is 2.47 bits per heavy atom. The number of carbonyl (C=O) groups excluding carboxylic acids is 1. The highest BCUT2D eigenvalue weighted by atomic mass is 79.9. The van der Waals surface area contributed by atoms with Crippen LogP contribution in [0.5, 0.6) is 5.75 Å². The zero-order chi connectivity index (χ0) is 14.0. The lowest BCUT2D eigenvalue weighted by Crippen LogP contribution is -2.03. The van der Waals surface area contributed by atoms with Crippen LogP contribution in [0.1, 0.15) is 15.9 Å². The van der Waals surface area contributed by atoms with Crippen molar-refractivity contribution >= 4 is 33.3 Å². The van der Waals surface area contributed by atoms with Gasteiger partial charge in [0.05, 0.1) is 12.1 Å². The third kappa shape index (κ3) is 2.96. The molecule has 2 nitrogen and oxygen atoms in total. The molecule has 0 aliphatic heterocycles. The highest BCUT2D eigenvalue weighted by molar-refractivity contribution is 9.10. The number of ketones is 1. The smallest absolute Gasteiger partial charge is 0.195 e. The second-order valence-corrected chi connectivity index (χ2v) is 5.06. The van der Waals surface area contributed by atoms with Crippen LogP contribution in [0.4, 0.5) is 4.39 Å². The maximum Gasteiger partial charge on any atom is 0.195 e. The van der Waals surface area contributed by atoms with E-state index in [-0.39, 0.29) is 16.4 Å². The van der Waals surface area contributed by atoms with Gasteiger partial charge in [-0.3, -0.25) is 4.79 Å². The van der Waals surface area contributed by atoms with Crippen LogP contribution in [0.25, 0.3) is 0 Å². The van der Waals surface area contributed by atoms with E-state index >= 15 is 0 Å². The van der Waals surface area contributed by atoms with Crippen LogP contribution < -0.4 is 4.74 Å². The van der Waals surface area contributed by atoms with Crippen LogP contribution in [0.3, 0.4) is 0 Å². The summed E-state index contributed by atoms with van der Waals surface area (Å²) in [6, 6.07) is 8.68. The maximum atomic E-state index is 13.0. The molecule has 0 aromatic heterocycles. The Morgan fingerprint density at radius 1 is 1.21 bits per heavy atom. The minimum Gasteiger partial charge on any atom is -0.497 e. The summed E-state index contributed by atoms with van der Waals surface area (Å²) in [6.07, 6.45) is 0. The first kappa shape index (κ1) is 14.0. The number of hydrogen-bond acceptors (Lipinski definition) is 2. The first-order chi connectivity index (χ1) is 9.02. The fourth-order valence-electron chi connectivity index (χ4n) is 1.63. The van der Waals surface area contributed by atoms with E-state index in [0.717, 1.165) is 6.07 Å². The standard InChI is InChI=1S/C14H9BrClFO2/c1-19-9-3-5-10(12(15)7-9)14(18)11-4-2-8(17)6-13(11)16/h2-7H,1H3. The highest BCUT2D eigenvalue weighted by Gasteiger charge is 2.16. The molecule has 0 unspecified atom stereocenters. The van der Waals surface area contributed by atoms with E-state index in [1.54, 1.807) is 25.3 Å². The van der Waals surface area contributed by atoms with Gasteiger partial charge in [0.1, 0.15) is 11.6 Å². The van der Waals surface area contributed by atoms with Gasteiger partial charge in [0.15, 0.2) is 5.78 Å². The largest absolute Gasteiger partial charge is 0.497 e. The van der Waals surface area contributed by atoms with E-state index in [1.807, 2.05) is 0 Å². The van der Waals surface area contributed by atoms with Crippen LogP contribution in [0, 0.1) is 5.82 Å². The number of rotatable bonds is 3. The van der Waals surface area contributed by atoms with Crippen LogP contribution >= 0.6 is 27.5 Å². The van der Waals surface area contributed by atoms with Crippen molar-refractivity contribution in [1.29, 1.82) is 0 Å². The van der Waals surface area contributed by atoms with E-state index in [1.165, 1.54) is 12.1 Å². The van der Waals surface area contributed by atoms with E-state index in [2.05, 4.69) is 15.9 Å². The predicted molar refractivity (Wildman–Crippen MR) is 75.5 cm³/mol. The normalized spacial score (nSPS) is 10.3. The Morgan fingerprint density at radius 2 is 1.89 bits per heavy atom. The van der Waals surface area contributed by atoms with Gasteiger partial charge in [-0.2, -0.15) is 0 Å². The summed E-state index contributed by atoms with van der Waals surface area (Å²) in [6.45, 7) is 0. The molecule has 0 aliphatic rings. The minimum absolute atomic E-state index is 0.0905. The quantitative estimate of drug-likeness (QED) is 0.768. The fourth-order valence-corrected chi connectivity index (χ4v) is 2.42. The van der Waals surface area contributed by atoms with Gasteiger partial charge in [-0.25, -0.2) is 4.39 Å². The molecular formula is C14H9BrClFO2. The molecule has 98 valence electrons. The molecule has 0 N–H and O–H groups in total. The van der Waals surface area contributed by atoms with Gasteiger partial charge in [0.25, 0.3) is 0 Å². The van der Waals surface area contributed by atoms with Crippen molar-refractivity contribution in [3.05, 3.63) is 62.8 Å². The molecule has 0 heterocycles. The Balaban J connectivity index is 2.44. The number of ether oxygens (including phenoxy) is 1. The first-order valence-electron chi connectivity index (χ1n) is 5.36. The van der Waals surface area contributed by atoms with Crippen molar-refractivity contribution in [3.8, 4) is 5.75 Å². The maximum absolute atomic E-state index is 13.0. The number of carbonyl (C=O) groups is 1. The molecule has 0 saturated carbocycles. The second-order valence-electron chi connectivity index (χ2n) is 3.80. The summed E-state index contributed by atoms with van der Waals surface area (Å²) >= 11 is 9.19. The topological polar surface area (TPSA) is 26.3 Å². The Hall–Kier alpha value is -1.39. The Bertz CT molecular complexity index is 643. The van der Waals surface area contributed by atoms with Crippen molar-refractivity contribution < 1.29 is 13.9 Å². The van der Waals surface area contributed by atoms with Gasteiger partial charge in [0.2, 0.25) is 0 Å². The summed E-state index contributed by atoms with van der Waals surface area (Å²) in [5, 5.41) is 0.0905. The molecular weight excluding hydrogens is 335 g/mol. The van der Waals surface area contributed by atoms with E-state index < -0.39 is 5.82 Å². The molecule has 0 amide bonds. The molecule has 0 bridgehead atoms. The molecule has 0 spiro atoms. The number of hydrogen-bond donors (Lipinski definition) is 0. The lowest BCUT2D eigenvalue weighted by atomic mass is 10.0. The molecule has 0 saturated heterocycles. The van der Waals surface area contributed by atoms with Crippen molar-refractivity contribution in [1.82, 2.24) is 0 Å². The summed E-state index contributed by atoms with van der Waals surface area (Å²) in [7, 11) is 1.54. The summed E-state index contributed by atoms with van der Waals surface area (Å²) in [5.74, 6) is -0.122. The van der Waals surface area contributed by atoms with Crippen LogP contribution in [0.15, 0.2) is 40.9 Å². The monoisotopic (exact) mass is 342 g/mol. The lowest BCUT2D eigenvalue weighted by Gasteiger charge is -2.07. The molecule has 0 aliphatic carbocycles. The summed E-state index contributed by atoms with van der Waals surface area (Å²) in [5.41, 5.74) is 0.697. The van der Waals surface area contributed by atoms with Gasteiger partial charge >= 0.3 is 0 Å². The molecule has 2 aromatic rings. The second kappa shape index (κ2) is 5.72. The van der Waals surface area contributed by atoms with Gasteiger partial charge < -0.3 is 4.74 Å². The Kier molecular flexibility index (Phi) is 4.22. The van der Waals surface area contributed by atoms with Crippen LogP contribution in [-0.2, 0) is 0 Å². The number of benzene rings is 2. The van der Waals surface area contributed by atoms with Crippen molar-refractivity contribution in [2.24, 2.45) is 0 Å². The molecule has 5 heteroatoms. The summed E-state index contributed by atoms with van der Waals surface area (Å²) < 4.78 is 18.6. The molecule has 2 rings (SSSR count). The molecule has 0 fully saturated rings. The average Bonchev–Trinajstić information content (AvgIpc) is 2.37. The van der Waals surface area contributed by atoms with Gasteiger partial charge in [0, 0.05) is 15.6 Å². The number of methoxy groups -OCH3 is 1. The van der Waals surface area contributed by atoms with E-state index in [4.69, 9.17) is 16.3 Å². The third-order valence-corrected chi connectivity index (χ3v) is 3.57. The number of halogens is 3. The third-order valence-electron chi connectivity index (χ3n) is 2.60. The van der Waals surface area contributed by atoms with Crippen LogP contribution in [0.2, 0.25) is 5.02 Å². The molecule has 0 radical (unpaired) electrons. The zero-order valence-electron chi connectivity index (χ0n) is 9.91. The van der Waals surface area contributed by atoms with Gasteiger partial charge in [-0.05, 0) is 52.3 Å². The SMILES string of the molecule is COc1ccc(C(=O)c2ccc(F)cc2Cl)c(Br)c1. The summed E-state index contributed by atoms with van der Waals surface area (Å²) in [4.78, 5) is 12.3. The van der Waals surface area contributed by atoms with Gasteiger partial charge in [-0.15, -0.1) is 0 Å². The fraction of sp³-hybridized carbons (Fsp3) is 0.0714. The van der Waals surface area contributed by atoms with Crippen molar-refractivity contribution in [3.63, 3.8) is 0 Å². The van der Waals surface area contributed by atoms with E-state index in [9.17, 15) is 9.18 Å². The minimum atomic E-state index is -0.477. The van der Waals surface area contributed by atoms with E-state index in [0.29, 0.717) is 15.8 Å². The first-order valence-corrected chi connectivity index (χ1v) is 6.53. The molecule has 0 atom stereocenters. The highest BCUT2D eigenvalue weighted by Crippen LogP contribution is 2.27. The zero-order valence-corrected chi connectivity index (χ0v) is 12.3. The van der Waals surface area contributed by atoms with Crippen LogP contribution in [-0.4, -0.2) is 12.9 Å². The van der Waals surface area contributed by atoms with Crippen molar-refractivity contribution in [2.45, 2.75) is 0 Å². The molecule has 2 aromatic carbocycles. The predicted octanol–water partition coefficient (Wildman–Crippen LogP) is 4.48. The molecule has 19 heavy (non-hydrogen) atoms. The van der Waals surface area contributed by atoms with Crippen molar-refractivity contribution in [2.75, 3.05) is 7.11 Å². The lowest BCUT2D eigenvalue weighted by molar-refractivity contribution is 0.103. The Labute approximate surface area is 123 Å².